The van der Waals surface area contributed by atoms with Crippen LogP contribution in [0.4, 0.5) is 0 Å². The predicted molar refractivity (Wildman–Crippen MR) is 108 cm³/mol. The molecule has 0 bridgehead atoms. The van der Waals surface area contributed by atoms with Crippen LogP contribution in [0.15, 0.2) is 59.3 Å². The maximum atomic E-state index is 11.7. The van der Waals surface area contributed by atoms with Gasteiger partial charge in [-0.05, 0) is 48.2 Å². The van der Waals surface area contributed by atoms with Gasteiger partial charge in [0.15, 0.2) is 0 Å². The summed E-state index contributed by atoms with van der Waals surface area (Å²) in [6.07, 6.45) is 13.9. The van der Waals surface area contributed by atoms with Crippen molar-refractivity contribution in [3.63, 3.8) is 0 Å². The van der Waals surface area contributed by atoms with Crippen molar-refractivity contribution < 1.29 is 9.59 Å². The van der Waals surface area contributed by atoms with Crippen LogP contribution >= 0.6 is 0 Å². The van der Waals surface area contributed by atoms with Gasteiger partial charge in [-0.2, -0.15) is 10.2 Å². The van der Waals surface area contributed by atoms with Gasteiger partial charge in [0, 0.05) is 37.6 Å². The number of rotatable bonds is 11. The minimum atomic E-state index is -0.117. The Morgan fingerprint density at radius 2 is 1.11 bits per heavy atom. The lowest BCUT2D eigenvalue weighted by Crippen LogP contribution is -2.17. The van der Waals surface area contributed by atoms with Gasteiger partial charge in [-0.15, -0.1) is 0 Å². The molecule has 0 saturated carbocycles. The first-order valence-corrected chi connectivity index (χ1v) is 9.18. The summed E-state index contributed by atoms with van der Waals surface area (Å²) in [6.45, 7) is 0. The average molecular weight is 380 g/mol. The Morgan fingerprint density at radius 1 is 0.714 bits per heavy atom. The summed E-state index contributed by atoms with van der Waals surface area (Å²) in [4.78, 5) is 31.2. The molecule has 2 aromatic rings. The highest BCUT2D eigenvalue weighted by Gasteiger charge is 2.02. The molecule has 0 aliphatic carbocycles. The minimum absolute atomic E-state index is 0.117. The topological polar surface area (TPSA) is 109 Å². The van der Waals surface area contributed by atoms with E-state index in [1.165, 1.54) is 0 Å². The smallest absolute Gasteiger partial charge is 0.240 e. The molecule has 0 spiro atoms. The number of carbonyl (C=O) groups is 2. The van der Waals surface area contributed by atoms with Crippen LogP contribution in [0.3, 0.4) is 0 Å². The molecule has 146 valence electrons. The summed E-state index contributed by atoms with van der Waals surface area (Å²) in [7, 11) is 0. The molecule has 28 heavy (non-hydrogen) atoms. The van der Waals surface area contributed by atoms with Gasteiger partial charge in [-0.3, -0.25) is 19.6 Å². The van der Waals surface area contributed by atoms with Crippen molar-refractivity contribution >= 4 is 24.2 Å². The quantitative estimate of drug-likeness (QED) is 0.354. The Kier molecular flexibility index (Phi) is 9.59. The normalized spacial score (nSPS) is 11.0. The molecule has 0 aliphatic heterocycles. The molecule has 2 amide bonds. The van der Waals surface area contributed by atoms with Crippen LogP contribution in [0.25, 0.3) is 0 Å². The van der Waals surface area contributed by atoms with Crippen LogP contribution in [-0.4, -0.2) is 34.2 Å². The molecule has 0 unspecified atom stereocenters. The van der Waals surface area contributed by atoms with Crippen molar-refractivity contribution in [2.24, 2.45) is 10.2 Å². The number of nitrogens with zero attached hydrogens (tertiary/aromatic N) is 4. The van der Waals surface area contributed by atoms with E-state index in [-0.39, 0.29) is 11.8 Å². The zero-order valence-electron chi connectivity index (χ0n) is 15.6. The van der Waals surface area contributed by atoms with Crippen molar-refractivity contribution in [3.8, 4) is 0 Å². The second-order valence-corrected chi connectivity index (χ2v) is 6.06. The Hall–Kier alpha value is -3.42. The minimum Gasteiger partial charge on any atom is -0.273 e. The SMILES string of the molecule is O=C(CCCCCCC(=O)N/N=C/c1ccncc1)N/N=C/c1ccncc1. The first-order chi connectivity index (χ1) is 13.7. The van der Waals surface area contributed by atoms with Crippen molar-refractivity contribution in [1.82, 2.24) is 20.8 Å². The predicted octanol–water partition coefficient (Wildman–Crippen LogP) is 2.42. The van der Waals surface area contributed by atoms with Gasteiger partial charge in [0.2, 0.25) is 11.8 Å². The van der Waals surface area contributed by atoms with E-state index in [2.05, 4.69) is 31.0 Å². The number of aromatic nitrogens is 2. The Morgan fingerprint density at radius 3 is 1.50 bits per heavy atom. The monoisotopic (exact) mass is 380 g/mol. The Bertz CT molecular complexity index is 710. The van der Waals surface area contributed by atoms with E-state index in [1.54, 1.807) is 61.5 Å². The fraction of sp³-hybridized carbons (Fsp3) is 0.300. The maximum Gasteiger partial charge on any atom is 0.240 e. The number of unbranched alkanes of at least 4 members (excludes halogenated alkanes) is 3. The van der Waals surface area contributed by atoms with Crippen LogP contribution < -0.4 is 10.9 Å². The maximum absolute atomic E-state index is 11.7. The molecular weight excluding hydrogens is 356 g/mol. The number of amides is 2. The second kappa shape index (κ2) is 12.9. The largest absolute Gasteiger partial charge is 0.273 e. The molecule has 0 fully saturated rings. The molecule has 0 atom stereocenters. The third-order valence-electron chi connectivity index (χ3n) is 3.78. The van der Waals surface area contributed by atoms with Gasteiger partial charge in [0.05, 0.1) is 12.4 Å². The molecule has 0 radical (unpaired) electrons. The lowest BCUT2D eigenvalue weighted by Gasteiger charge is -2.02. The van der Waals surface area contributed by atoms with E-state index in [0.717, 1.165) is 36.8 Å². The fourth-order valence-electron chi connectivity index (χ4n) is 2.29. The molecule has 2 rings (SSSR count). The zero-order valence-corrected chi connectivity index (χ0v) is 15.6. The molecule has 2 aromatic heterocycles. The van der Waals surface area contributed by atoms with E-state index in [4.69, 9.17) is 0 Å². The summed E-state index contributed by atoms with van der Waals surface area (Å²) in [6, 6.07) is 7.21. The molecule has 0 aliphatic rings. The Balaban J connectivity index is 1.47. The van der Waals surface area contributed by atoms with Gasteiger partial charge in [0.25, 0.3) is 0 Å². The van der Waals surface area contributed by atoms with Crippen LogP contribution in [0, 0.1) is 0 Å². The van der Waals surface area contributed by atoms with Crippen LogP contribution in [0.5, 0.6) is 0 Å². The van der Waals surface area contributed by atoms with E-state index in [0.29, 0.717) is 12.8 Å². The molecule has 0 saturated heterocycles. The zero-order chi connectivity index (χ0) is 19.9. The lowest BCUT2D eigenvalue weighted by atomic mass is 10.1. The van der Waals surface area contributed by atoms with Gasteiger partial charge in [-0.1, -0.05) is 12.8 Å². The van der Waals surface area contributed by atoms with Crippen LogP contribution in [0.1, 0.15) is 49.7 Å². The van der Waals surface area contributed by atoms with Crippen LogP contribution in [0.2, 0.25) is 0 Å². The first kappa shape index (κ1) is 20.9. The third-order valence-corrected chi connectivity index (χ3v) is 3.78. The number of hydrogen-bond donors (Lipinski definition) is 2. The molecular formula is C20H24N6O2. The molecule has 0 aromatic carbocycles. The van der Waals surface area contributed by atoms with Crippen molar-refractivity contribution in [2.45, 2.75) is 38.5 Å². The molecule has 8 nitrogen and oxygen atoms in total. The van der Waals surface area contributed by atoms with Gasteiger partial charge in [0.1, 0.15) is 0 Å². The van der Waals surface area contributed by atoms with E-state index < -0.39 is 0 Å². The summed E-state index contributed by atoms with van der Waals surface area (Å²) in [5, 5.41) is 7.82. The summed E-state index contributed by atoms with van der Waals surface area (Å²) >= 11 is 0. The molecule has 2 heterocycles. The summed E-state index contributed by atoms with van der Waals surface area (Å²) in [5.74, 6) is -0.234. The standard InChI is InChI=1S/C20H24N6O2/c27-19(25-23-15-17-7-11-21-12-8-17)5-3-1-2-4-6-20(28)26-24-16-18-9-13-22-14-10-18/h7-16H,1-6H2,(H,25,27)(H,26,28)/b23-15+,24-16+. The van der Waals surface area contributed by atoms with Gasteiger partial charge in [-0.25, -0.2) is 10.9 Å². The number of pyridine rings is 2. The fourth-order valence-corrected chi connectivity index (χ4v) is 2.29. The Labute approximate surface area is 164 Å². The highest BCUT2D eigenvalue weighted by atomic mass is 16.2. The summed E-state index contributed by atoms with van der Waals surface area (Å²) < 4.78 is 0. The average Bonchev–Trinajstić information content (AvgIpc) is 2.72. The number of nitrogens with one attached hydrogen (secondary N) is 2. The number of hydrogen-bond acceptors (Lipinski definition) is 6. The van der Waals surface area contributed by atoms with E-state index >= 15 is 0 Å². The van der Waals surface area contributed by atoms with Crippen molar-refractivity contribution in [3.05, 3.63) is 60.2 Å². The highest BCUT2D eigenvalue weighted by molar-refractivity contribution is 5.82. The van der Waals surface area contributed by atoms with Crippen molar-refractivity contribution in [1.29, 1.82) is 0 Å². The van der Waals surface area contributed by atoms with Gasteiger partial charge < -0.3 is 0 Å². The number of hydrazone groups is 2. The van der Waals surface area contributed by atoms with E-state index in [1.807, 2.05) is 0 Å². The second-order valence-electron chi connectivity index (χ2n) is 6.06. The highest BCUT2D eigenvalue weighted by Crippen LogP contribution is 2.05. The first-order valence-electron chi connectivity index (χ1n) is 9.18. The lowest BCUT2D eigenvalue weighted by molar-refractivity contribution is -0.122. The van der Waals surface area contributed by atoms with E-state index in [9.17, 15) is 9.59 Å². The van der Waals surface area contributed by atoms with Gasteiger partial charge >= 0.3 is 0 Å². The van der Waals surface area contributed by atoms with Crippen LogP contribution in [-0.2, 0) is 9.59 Å². The number of carbonyl (C=O) groups excluding carboxylic acids is 2. The third kappa shape index (κ3) is 9.33. The molecule has 2 N–H and O–H groups in total. The molecule has 8 heteroatoms. The summed E-state index contributed by atoms with van der Waals surface area (Å²) in [5.41, 5.74) is 6.75. The van der Waals surface area contributed by atoms with Crippen molar-refractivity contribution in [2.75, 3.05) is 0 Å².